The van der Waals surface area contributed by atoms with Crippen LogP contribution in [-0.2, 0) is 9.53 Å². The van der Waals surface area contributed by atoms with E-state index in [0.29, 0.717) is 27.1 Å². The maximum Gasteiger partial charge on any atom is 0.341 e. The standard InChI is InChI=1S/C21H18N2O5S2/c1-3-26-20(25)18-13(15-9-8-12(2)27-15)10-29-19(18)23-17(24)11-30-21-22-14-6-4-5-7-16(14)28-21/h4-10H,3,11H2,1-2H3,(H,23,24). The highest BCUT2D eigenvalue weighted by atomic mass is 32.2. The van der Waals surface area contributed by atoms with Crippen molar-refractivity contribution in [3.63, 3.8) is 0 Å². The average Bonchev–Trinajstić information content (AvgIpc) is 3.44. The lowest BCUT2D eigenvalue weighted by Gasteiger charge is -2.07. The van der Waals surface area contributed by atoms with Crippen molar-refractivity contribution in [1.82, 2.24) is 4.98 Å². The number of nitrogens with one attached hydrogen (secondary N) is 1. The van der Waals surface area contributed by atoms with Gasteiger partial charge in [-0.15, -0.1) is 11.3 Å². The first kappa shape index (κ1) is 20.2. The van der Waals surface area contributed by atoms with Gasteiger partial charge in [0.15, 0.2) is 5.58 Å². The van der Waals surface area contributed by atoms with E-state index in [2.05, 4.69) is 10.3 Å². The highest BCUT2D eigenvalue weighted by Crippen LogP contribution is 2.37. The Hall–Kier alpha value is -3.04. The number of ether oxygens (including phenoxy) is 1. The van der Waals surface area contributed by atoms with Crippen LogP contribution in [0, 0.1) is 6.92 Å². The number of furan rings is 1. The van der Waals surface area contributed by atoms with E-state index in [1.807, 2.05) is 37.3 Å². The van der Waals surface area contributed by atoms with Crippen LogP contribution in [0.3, 0.4) is 0 Å². The van der Waals surface area contributed by atoms with E-state index in [0.717, 1.165) is 11.3 Å². The fourth-order valence-corrected chi connectivity index (χ4v) is 4.41. The van der Waals surface area contributed by atoms with E-state index in [9.17, 15) is 9.59 Å². The van der Waals surface area contributed by atoms with Gasteiger partial charge < -0.3 is 18.9 Å². The van der Waals surface area contributed by atoms with Crippen molar-refractivity contribution in [3.05, 3.63) is 53.1 Å². The number of oxazole rings is 1. The fourth-order valence-electron chi connectivity index (χ4n) is 2.82. The van der Waals surface area contributed by atoms with Crippen LogP contribution in [0.4, 0.5) is 5.00 Å². The van der Waals surface area contributed by atoms with Crippen LogP contribution in [0.15, 0.2) is 55.8 Å². The number of thiophene rings is 1. The summed E-state index contributed by atoms with van der Waals surface area (Å²) in [7, 11) is 0. The van der Waals surface area contributed by atoms with Gasteiger partial charge in [-0.3, -0.25) is 4.79 Å². The molecule has 0 bridgehead atoms. The summed E-state index contributed by atoms with van der Waals surface area (Å²) in [5.41, 5.74) is 2.29. The van der Waals surface area contributed by atoms with Crippen LogP contribution in [0.1, 0.15) is 23.0 Å². The zero-order chi connectivity index (χ0) is 21.1. The molecule has 0 fully saturated rings. The molecule has 3 heterocycles. The third-order valence-electron chi connectivity index (χ3n) is 4.13. The van der Waals surface area contributed by atoms with Crippen molar-refractivity contribution in [1.29, 1.82) is 0 Å². The van der Waals surface area contributed by atoms with Crippen LogP contribution in [-0.4, -0.2) is 29.2 Å². The van der Waals surface area contributed by atoms with Crippen molar-refractivity contribution in [2.24, 2.45) is 0 Å². The molecule has 30 heavy (non-hydrogen) atoms. The molecule has 0 saturated heterocycles. The molecule has 3 aromatic heterocycles. The molecule has 154 valence electrons. The zero-order valence-electron chi connectivity index (χ0n) is 16.3. The number of carbonyl (C=O) groups excluding carboxylic acids is 2. The second kappa shape index (κ2) is 8.76. The van der Waals surface area contributed by atoms with Crippen LogP contribution < -0.4 is 5.32 Å². The first-order chi connectivity index (χ1) is 14.5. The Kier molecular flexibility index (Phi) is 5.91. The number of hydrogen-bond acceptors (Lipinski definition) is 8. The monoisotopic (exact) mass is 442 g/mol. The highest BCUT2D eigenvalue weighted by Gasteiger charge is 2.24. The number of anilines is 1. The van der Waals surface area contributed by atoms with Gasteiger partial charge in [-0.05, 0) is 38.1 Å². The molecule has 0 radical (unpaired) electrons. The van der Waals surface area contributed by atoms with E-state index in [1.165, 1.54) is 23.1 Å². The van der Waals surface area contributed by atoms with E-state index in [1.54, 1.807) is 18.4 Å². The molecule has 1 N–H and O–H groups in total. The summed E-state index contributed by atoms with van der Waals surface area (Å²) in [6.07, 6.45) is 0. The van der Waals surface area contributed by atoms with Crippen LogP contribution in [0.5, 0.6) is 0 Å². The number of aromatic nitrogens is 1. The lowest BCUT2D eigenvalue weighted by atomic mass is 10.1. The number of benzene rings is 1. The van der Waals surface area contributed by atoms with Crippen molar-refractivity contribution in [2.45, 2.75) is 19.1 Å². The summed E-state index contributed by atoms with van der Waals surface area (Å²) >= 11 is 2.43. The molecule has 0 saturated carbocycles. The number of para-hydroxylation sites is 2. The van der Waals surface area contributed by atoms with Crippen LogP contribution in [0.2, 0.25) is 0 Å². The molecular formula is C21H18N2O5S2. The molecular weight excluding hydrogens is 424 g/mol. The Morgan fingerprint density at radius 1 is 1.20 bits per heavy atom. The summed E-state index contributed by atoms with van der Waals surface area (Å²) in [4.78, 5) is 29.4. The van der Waals surface area contributed by atoms with Gasteiger partial charge >= 0.3 is 5.97 Å². The lowest BCUT2D eigenvalue weighted by Crippen LogP contribution is -2.16. The van der Waals surface area contributed by atoms with Gasteiger partial charge in [0.2, 0.25) is 5.91 Å². The van der Waals surface area contributed by atoms with Gasteiger partial charge in [0.1, 0.15) is 27.6 Å². The van der Waals surface area contributed by atoms with Gasteiger partial charge in [-0.25, -0.2) is 9.78 Å². The molecule has 0 aliphatic heterocycles. The van der Waals surface area contributed by atoms with Crippen molar-refractivity contribution < 1.29 is 23.2 Å². The first-order valence-corrected chi connectivity index (χ1v) is 11.1. The summed E-state index contributed by atoms with van der Waals surface area (Å²) in [5, 5.41) is 5.40. The van der Waals surface area contributed by atoms with Gasteiger partial charge in [-0.2, -0.15) is 0 Å². The Morgan fingerprint density at radius 3 is 2.77 bits per heavy atom. The predicted octanol–water partition coefficient (Wildman–Crippen LogP) is 5.37. The maximum atomic E-state index is 12.5. The van der Waals surface area contributed by atoms with Gasteiger partial charge in [-0.1, -0.05) is 23.9 Å². The topological polar surface area (TPSA) is 94.6 Å². The number of aryl methyl sites for hydroxylation is 1. The quantitative estimate of drug-likeness (QED) is 0.304. The minimum atomic E-state index is -0.510. The summed E-state index contributed by atoms with van der Waals surface area (Å²) in [6, 6.07) is 11.0. The van der Waals surface area contributed by atoms with Crippen molar-refractivity contribution >= 4 is 51.1 Å². The predicted molar refractivity (Wildman–Crippen MR) is 116 cm³/mol. The molecule has 0 unspecified atom stereocenters. The van der Waals surface area contributed by atoms with Gasteiger partial charge in [0.25, 0.3) is 5.22 Å². The van der Waals surface area contributed by atoms with Crippen molar-refractivity contribution in [2.75, 3.05) is 17.7 Å². The highest BCUT2D eigenvalue weighted by molar-refractivity contribution is 7.99. The van der Waals surface area contributed by atoms with Crippen LogP contribution >= 0.6 is 23.1 Å². The second-order valence-corrected chi connectivity index (χ2v) is 8.07. The molecule has 0 spiro atoms. The Bertz CT molecular complexity index is 1170. The molecule has 1 amide bonds. The average molecular weight is 443 g/mol. The van der Waals surface area contributed by atoms with Gasteiger partial charge in [0, 0.05) is 10.9 Å². The fraction of sp³-hybridized carbons (Fsp3) is 0.190. The largest absolute Gasteiger partial charge is 0.462 e. The Labute approximate surface area is 180 Å². The third-order valence-corrected chi connectivity index (χ3v) is 5.85. The molecule has 0 atom stereocenters. The lowest BCUT2D eigenvalue weighted by molar-refractivity contribution is -0.113. The Morgan fingerprint density at radius 2 is 2.03 bits per heavy atom. The van der Waals surface area contributed by atoms with E-state index in [4.69, 9.17) is 13.6 Å². The molecule has 4 rings (SSSR count). The second-order valence-electron chi connectivity index (χ2n) is 6.27. The van der Waals surface area contributed by atoms with E-state index >= 15 is 0 Å². The summed E-state index contributed by atoms with van der Waals surface area (Å²) < 4.78 is 16.5. The number of fused-ring (bicyclic) bond motifs is 1. The minimum absolute atomic E-state index is 0.0855. The van der Waals surface area contributed by atoms with Crippen molar-refractivity contribution in [3.8, 4) is 11.3 Å². The smallest absolute Gasteiger partial charge is 0.341 e. The SMILES string of the molecule is CCOC(=O)c1c(-c2ccc(C)o2)csc1NC(=O)CSc1nc2ccccc2o1. The van der Waals surface area contributed by atoms with Crippen LogP contribution in [0.25, 0.3) is 22.4 Å². The number of amides is 1. The summed E-state index contributed by atoms with van der Waals surface area (Å²) in [6.45, 7) is 3.79. The molecule has 9 heteroatoms. The molecule has 0 aliphatic carbocycles. The number of carbonyl (C=O) groups is 2. The maximum absolute atomic E-state index is 12.5. The zero-order valence-corrected chi connectivity index (χ0v) is 17.9. The normalized spacial score (nSPS) is 11.0. The first-order valence-electron chi connectivity index (χ1n) is 9.18. The number of rotatable bonds is 7. The molecule has 7 nitrogen and oxygen atoms in total. The van der Waals surface area contributed by atoms with E-state index < -0.39 is 5.97 Å². The molecule has 0 aliphatic rings. The number of nitrogens with zero attached hydrogens (tertiary/aromatic N) is 1. The minimum Gasteiger partial charge on any atom is -0.462 e. The Balaban J connectivity index is 1.50. The number of hydrogen-bond donors (Lipinski definition) is 1. The third kappa shape index (κ3) is 4.27. The summed E-state index contributed by atoms with van der Waals surface area (Å²) in [5.74, 6) is 0.573. The van der Waals surface area contributed by atoms with E-state index in [-0.39, 0.29) is 23.8 Å². The number of thioether (sulfide) groups is 1. The number of esters is 1. The van der Waals surface area contributed by atoms with Gasteiger partial charge in [0.05, 0.1) is 12.4 Å². The molecule has 1 aromatic carbocycles. The molecule has 4 aromatic rings.